The Bertz CT molecular complexity index is 487. The summed E-state index contributed by atoms with van der Waals surface area (Å²) in [6.07, 6.45) is 44.8. The van der Waals surface area contributed by atoms with Gasteiger partial charge in [-0.1, -0.05) is 206 Å². The van der Waals surface area contributed by atoms with E-state index in [1.165, 1.54) is 193 Å². The van der Waals surface area contributed by atoms with E-state index < -0.39 is 6.10 Å². The third kappa shape index (κ3) is 35.5. The van der Waals surface area contributed by atoms with Crippen LogP contribution in [-0.2, 0) is 0 Å². The van der Waals surface area contributed by atoms with E-state index in [4.69, 9.17) is 0 Å². The number of aliphatic hydroxyl groups excluding tert-OH is 1. The molecule has 0 aromatic carbocycles. The molecule has 1 N–H and O–H groups in total. The fourth-order valence-corrected chi connectivity index (χ4v) is 5.73. The van der Waals surface area contributed by atoms with Gasteiger partial charge in [-0.25, -0.2) is 0 Å². The molecule has 1 atom stereocenters. The first-order chi connectivity index (χ1) is 19.3. The van der Waals surface area contributed by atoms with E-state index in [9.17, 15) is 5.11 Å². The predicted molar refractivity (Wildman–Crippen MR) is 177 cm³/mol. The molecule has 0 heterocycles. The van der Waals surface area contributed by atoms with Gasteiger partial charge in [0, 0.05) is 6.42 Å². The molecule has 0 aliphatic rings. The number of rotatable bonds is 32. The van der Waals surface area contributed by atoms with Gasteiger partial charge in [-0.05, 0) is 19.3 Å². The lowest BCUT2D eigenvalue weighted by molar-refractivity contribution is 0.217. The van der Waals surface area contributed by atoms with Crippen LogP contribution in [0.15, 0.2) is 0 Å². The zero-order chi connectivity index (χ0) is 28.3. The summed E-state index contributed by atoms with van der Waals surface area (Å²) >= 11 is 0. The first-order valence-electron chi connectivity index (χ1n) is 18.5. The molecule has 0 aliphatic carbocycles. The third-order valence-electron chi connectivity index (χ3n) is 8.51. The van der Waals surface area contributed by atoms with Crippen molar-refractivity contribution in [3.8, 4) is 11.8 Å². The Morgan fingerprint density at radius 2 is 0.615 bits per heavy atom. The molecule has 0 aliphatic heterocycles. The van der Waals surface area contributed by atoms with Crippen molar-refractivity contribution in [1.82, 2.24) is 0 Å². The zero-order valence-corrected chi connectivity index (χ0v) is 27.4. The zero-order valence-electron chi connectivity index (χ0n) is 27.4. The average Bonchev–Trinajstić information content (AvgIpc) is 2.94. The van der Waals surface area contributed by atoms with E-state index in [0.29, 0.717) is 0 Å². The van der Waals surface area contributed by atoms with Crippen molar-refractivity contribution in [2.75, 3.05) is 0 Å². The van der Waals surface area contributed by atoms with Gasteiger partial charge in [0.05, 0.1) is 0 Å². The second kappa shape index (κ2) is 35.5. The fourth-order valence-electron chi connectivity index (χ4n) is 5.73. The molecule has 0 rings (SSSR count). The van der Waals surface area contributed by atoms with Crippen molar-refractivity contribution in [2.24, 2.45) is 0 Å². The van der Waals surface area contributed by atoms with Crippen molar-refractivity contribution >= 4 is 0 Å². The summed E-state index contributed by atoms with van der Waals surface area (Å²) in [6, 6.07) is 0. The van der Waals surface area contributed by atoms with Crippen LogP contribution in [0.2, 0.25) is 0 Å². The first-order valence-corrected chi connectivity index (χ1v) is 18.5. The topological polar surface area (TPSA) is 20.2 Å². The van der Waals surface area contributed by atoms with Gasteiger partial charge in [0.1, 0.15) is 6.10 Å². The van der Waals surface area contributed by atoms with Gasteiger partial charge in [0.15, 0.2) is 0 Å². The van der Waals surface area contributed by atoms with Crippen LogP contribution in [0.25, 0.3) is 0 Å². The van der Waals surface area contributed by atoms with Crippen LogP contribution in [0.3, 0.4) is 0 Å². The third-order valence-corrected chi connectivity index (χ3v) is 8.51. The Morgan fingerprint density at radius 1 is 0.359 bits per heavy atom. The normalized spacial score (nSPS) is 12.0. The maximum Gasteiger partial charge on any atom is 0.114 e. The molecule has 0 saturated heterocycles. The molecule has 0 bridgehead atoms. The van der Waals surface area contributed by atoms with Crippen LogP contribution in [0.4, 0.5) is 0 Å². The minimum absolute atomic E-state index is 0.395. The van der Waals surface area contributed by atoms with E-state index in [1.54, 1.807) is 0 Å². The highest BCUT2D eigenvalue weighted by molar-refractivity contribution is 5.04. The molecule has 0 aromatic rings. The predicted octanol–water partition coefficient (Wildman–Crippen LogP) is 13.3. The van der Waals surface area contributed by atoms with Crippen molar-refractivity contribution in [2.45, 2.75) is 232 Å². The van der Waals surface area contributed by atoms with Crippen LogP contribution in [0.5, 0.6) is 0 Å². The molecule has 0 saturated carbocycles. The lowest BCUT2D eigenvalue weighted by Gasteiger charge is -2.05. The summed E-state index contributed by atoms with van der Waals surface area (Å²) in [7, 11) is 0. The second-order valence-electron chi connectivity index (χ2n) is 12.6. The minimum atomic E-state index is -0.395. The Morgan fingerprint density at radius 3 is 0.923 bits per heavy atom. The molecule has 39 heavy (non-hydrogen) atoms. The van der Waals surface area contributed by atoms with Crippen molar-refractivity contribution in [3.63, 3.8) is 0 Å². The van der Waals surface area contributed by atoms with Gasteiger partial charge < -0.3 is 5.11 Å². The summed E-state index contributed by atoms with van der Waals surface area (Å²) in [5.74, 6) is 6.32. The molecule has 0 fully saturated rings. The summed E-state index contributed by atoms with van der Waals surface area (Å²) < 4.78 is 0. The molecule has 0 aromatic heterocycles. The van der Waals surface area contributed by atoms with Gasteiger partial charge >= 0.3 is 0 Å². The van der Waals surface area contributed by atoms with E-state index in [2.05, 4.69) is 25.7 Å². The van der Waals surface area contributed by atoms with Gasteiger partial charge in [-0.2, -0.15) is 0 Å². The van der Waals surface area contributed by atoms with Gasteiger partial charge in [0.2, 0.25) is 0 Å². The average molecular weight is 547 g/mol. The second-order valence-corrected chi connectivity index (χ2v) is 12.6. The first kappa shape index (κ1) is 38.5. The maximum absolute atomic E-state index is 10.1. The molecule has 0 amide bonds. The minimum Gasteiger partial charge on any atom is -0.380 e. The molecule has 1 heteroatoms. The van der Waals surface area contributed by atoms with E-state index >= 15 is 0 Å². The maximum atomic E-state index is 10.1. The largest absolute Gasteiger partial charge is 0.380 e. The number of unbranched alkanes of at least 4 members (excludes halogenated alkanes) is 30. The Hall–Kier alpha value is -0.480. The number of aliphatic hydroxyl groups is 1. The van der Waals surface area contributed by atoms with Crippen molar-refractivity contribution in [3.05, 3.63) is 0 Å². The van der Waals surface area contributed by atoms with Crippen LogP contribution >= 0.6 is 0 Å². The molecule has 0 unspecified atom stereocenters. The summed E-state index contributed by atoms with van der Waals surface area (Å²) in [4.78, 5) is 0. The van der Waals surface area contributed by atoms with E-state index in [0.717, 1.165) is 19.3 Å². The Kier molecular flexibility index (Phi) is 35.1. The molecule has 0 radical (unpaired) electrons. The summed E-state index contributed by atoms with van der Waals surface area (Å²) in [6.45, 7) is 4.59. The van der Waals surface area contributed by atoms with Gasteiger partial charge in [-0.3, -0.25) is 0 Å². The highest BCUT2D eigenvalue weighted by Gasteiger charge is 2.00. The molecular formula is C38H74O. The standard InChI is InChI=1S/C38H74O/c1-3-5-7-9-11-13-15-17-19-21-23-25-27-29-31-33-35-37-38(39)36-34-32-30-28-26-24-22-20-18-16-14-12-10-8-6-4-2/h38-39H,3-33,35,37H2,1-2H3/t38-/m1/s1. The van der Waals surface area contributed by atoms with Crippen molar-refractivity contribution < 1.29 is 5.11 Å². The van der Waals surface area contributed by atoms with Gasteiger partial charge in [-0.15, -0.1) is 5.92 Å². The lowest BCUT2D eigenvalue weighted by Crippen LogP contribution is -2.02. The van der Waals surface area contributed by atoms with Gasteiger partial charge in [0.25, 0.3) is 0 Å². The smallest absolute Gasteiger partial charge is 0.114 e. The molecular weight excluding hydrogens is 472 g/mol. The van der Waals surface area contributed by atoms with E-state index in [-0.39, 0.29) is 0 Å². The highest BCUT2D eigenvalue weighted by Crippen LogP contribution is 2.15. The summed E-state index contributed by atoms with van der Waals surface area (Å²) in [5.41, 5.74) is 0. The van der Waals surface area contributed by atoms with Crippen molar-refractivity contribution in [1.29, 1.82) is 0 Å². The molecule has 0 spiro atoms. The summed E-state index contributed by atoms with van der Waals surface area (Å²) in [5, 5.41) is 10.1. The van der Waals surface area contributed by atoms with Crippen LogP contribution < -0.4 is 0 Å². The van der Waals surface area contributed by atoms with E-state index in [1.807, 2.05) is 0 Å². The van der Waals surface area contributed by atoms with Crippen LogP contribution in [-0.4, -0.2) is 11.2 Å². The van der Waals surface area contributed by atoms with Crippen LogP contribution in [0.1, 0.15) is 226 Å². The monoisotopic (exact) mass is 547 g/mol. The Balaban J connectivity index is 3.22. The lowest BCUT2D eigenvalue weighted by atomic mass is 10.0. The number of hydrogen-bond acceptors (Lipinski definition) is 1. The quantitative estimate of drug-likeness (QED) is 0.0657. The molecule has 1 nitrogen and oxygen atoms in total. The highest BCUT2D eigenvalue weighted by atomic mass is 16.3. The fraction of sp³-hybridized carbons (Fsp3) is 0.947. The number of hydrogen-bond donors (Lipinski definition) is 1. The molecule has 232 valence electrons. The SMILES string of the molecule is CCCCCCCCCCCCCCCCC#C[C@@H](O)CCCCCCCCCCCCCCCCCCC. The van der Waals surface area contributed by atoms with Crippen LogP contribution in [0, 0.1) is 11.8 Å². The Labute approximate surface area is 248 Å².